The Morgan fingerprint density at radius 2 is 1.95 bits per heavy atom. The van der Waals surface area contributed by atoms with Gasteiger partial charge in [0.05, 0.1) is 23.2 Å². The molecule has 0 saturated carbocycles. The minimum atomic E-state index is -0.338. The molecule has 0 atom stereocenters. The van der Waals surface area contributed by atoms with Gasteiger partial charge in [0.15, 0.2) is 0 Å². The Morgan fingerprint density at radius 3 is 2.40 bits per heavy atom. The average Bonchev–Trinajstić information content (AvgIpc) is 2.81. The predicted octanol–water partition coefficient (Wildman–Crippen LogP) is 1.65. The van der Waals surface area contributed by atoms with Crippen LogP contribution in [0.2, 0.25) is 0 Å². The van der Waals surface area contributed by atoms with Gasteiger partial charge in [-0.1, -0.05) is 0 Å². The lowest BCUT2D eigenvalue weighted by Gasteiger charge is -2.32. The molecule has 0 bridgehead atoms. The summed E-state index contributed by atoms with van der Waals surface area (Å²) >= 11 is 0. The molecule has 110 valence electrons. The van der Waals surface area contributed by atoms with Gasteiger partial charge in [0.2, 0.25) is 0 Å². The molecule has 1 aliphatic rings. The van der Waals surface area contributed by atoms with Crippen LogP contribution >= 0.6 is 0 Å². The van der Waals surface area contributed by atoms with Gasteiger partial charge in [-0.2, -0.15) is 0 Å². The van der Waals surface area contributed by atoms with Gasteiger partial charge >= 0.3 is 7.12 Å². The highest BCUT2D eigenvalue weighted by atomic mass is 16.7. The Hall–Kier alpha value is -1.11. The highest BCUT2D eigenvalue weighted by Crippen LogP contribution is 2.38. The molecule has 1 aliphatic heterocycles. The fourth-order valence-electron chi connectivity index (χ4n) is 2.10. The third-order valence-electron chi connectivity index (χ3n) is 4.00. The van der Waals surface area contributed by atoms with E-state index in [0.29, 0.717) is 6.54 Å². The molecule has 1 fully saturated rings. The van der Waals surface area contributed by atoms with Crippen LogP contribution in [0.4, 0.5) is 0 Å². The van der Waals surface area contributed by atoms with Gasteiger partial charge in [0.25, 0.3) is 0 Å². The van der Waals surface area contributed by atoms with Gasteiger partial charge in [0, 0.05) is 19.8 Å². The fraction of sp³-hybridized carbons (Fsp3) is 0.643. The van der Waals surface area contributed by atoms with Crippen molar-refractivity contribution in [2.75, 3.05) is 13.6 Å². The SMILES string of the molecule is CNCC(=Cc1cn(C)cn1)B1OC(C)(C)C(C)(C)O1. The van der Waals surface area contributed by atoms with Crippen LogP contribution in [-0.4, -0.2) is 41.5 Å². The summed E-state index contributed by atoms with van der Waals surface area (Å²) in [6.45, 7) is 8.94. The van der Waals surface area contributed by atoms with E-state index in [1.54, 1.807) is 6.33 Å². The van der Waals surface area contributed by atoms with E-state index in [2.05, 4.69) is 38.0 Å². The monoisotopic (exact) mass is 277 g/mol. The molecule has 20 heavy (non-hydrogen) atoms. The van der Waals surface area contributed by atoms with Crippen molar-refractivity contribution >= 4 is 13.2 Å². The molecule has 1 aromatic heterocycles. The fourth-order valence-corrected chi connectivity index (χ4v) is 2.10. The molecule has 0 aliphatic carbocycles. The summed E-state index contributed by atoms with van der Waals surface area (Å²) in [5.41, 5.74) is 1.31. The number of imidazole rings is 1. The Kier molecular flexibility index (Phi) is 4.09. The molecule has 6 heteroatoms. The largest absolute Gasteiger partial charge is 0.491 e. The Labute approximate surface area is 121 Å². The smallest absolute Gasteiger partial charge is 0.400 e. The summed E-state index contributed by atoms with van der Waals surface area (Å²) < 4.78 is 14.1. The van der Waals surface area contributed by atoms with Crippen molar-refractivity contribution in [1.82, 2.24) is 14.9 Å². The van der Waals surface area contributed by atoms with E-state index in [0.717, 1.165) is 11.2 Å². The van der Waals surface area contributed by atoms with Crippen molar-refractivity contribution in [3.8, 4) is 0 Å². The van der Waals surface area contributed by atoms with Crippen molar-refractivity contribution < 1.29 is 9.31 Å². The number of hydrogen-bond donors (Lipinski definition) is 1. The summed E-state index contributed by atoms with van der Waals surface area (Å²) in [5, 5.41) is 3.16. The molecule has 2 heterocycles. The number of nitrogens with zero attached hydrogens (tertiary/aromatic N) is 2. The number of rotatable bonds is 4. The lowest BCUT2D eigenvalue weighted by molar-refractivity contribution is 0.00578. The van der Waals surface area contributed by atoms with E-state index >= 15 is 0 Å². The van der Waals surface area contributed by atoms with Gasteiger partial charge in [-0.15, -0.1) is 0 Å². The quantitative estimate of drug-likeness (QED) is 0.850. The predicted molar refractivity (Wildman–Crippen MR) is 81.2 cm³/mol. The highest BCUT2D eigenvalue weighted by molar-refractivity contribution is 6.55. The van der Waals surface area contributed by atoms with Crippen molar-refractivity contribution in [1.29, 1.82) is 0 Å². The lowest BCUT2D eigenvalue weighted by atomic mass is 9.77. The van der Waals surface area contributed by atoms with Gasteiger partial charge in [-0.25, -0.2) is 4.98 Å². The molecule has 2 rings (SSSR count). The van der Waals surface area contributed by atoms with Crippen LogP contribution in [0.1, 0.15) is 33.4 Å². The maximum atomic E-state index is 6.09. The Morgan fingerprint density at radius 1 is 1.35 bits per heavy atom. The van der Waals surface area contributed by atoms with E-state index in [1.165, 1.54) is 0 Å². The minimum Gasteiger partial charge on any atom is -0.400 e. The Bertz CT molecular complexity index is 492. The maximum Gasteiger partial charge on any atom is 0.491 e. The van der Waals surface area contributed by atoms with Crippen molar-refractivity contribution in [3.63, 3.8) is 0 Å². The second-order valence-corrected chi connectivity index (χ2v) is 6.30. The van der Waals surface area contributed by atoms with Crippen LogP contribution in [0.5, 0.6) is 0 Å². The summed E-state index contributed by atoms with van der Waals surface area (Å²) in [5.74, 6) is 0. The van der Waals surface area contributed by atoms with E-state index < -0.39 is 0 Å². The zero-order chi connectivity index (χ0) is 15.0. The van der Waals surface area contributed by atoms with Crippen molar-refractivity contribution in [3.05, 3.63) is 23.7 Å². The number of hydrogen-bond acceptors (Lipinski definition) is 4. The maximum absolute atomic E-state index is 6.09. The van der Waals surface area contributed by atoms with Gasteiger partial charge in [-0.3, -0.25) is 0 Å². The molecule has 1 N–H and O–H groups in total. The van der Waals surface area contributed by atoms with Crippen molar-refractivity contribution in [2.45, 2.75) is 38.9 Å². The number of aromatic nitrogens is 2. The van der Waals surface area contributed by atoms with Crippen LogP contribution in [0.15, 0.2) is 18.0 Å². The first-order chi connectivity index (χ1) is 9.25. The Balaban J connectivity index is 2.24. The second-order valence-electron chi connectivity index (χ2n) is 6.30. The summed E-state index contributed by atoms with van der Waals surface area (Å²) in [7, 11) is 3.53. The van der Waals surface area contributed by atoms with Gasteiger partial charge < -0.3 is 19.2 Å². The molecular weight excluding hydrogens is 253 g/mol. The van der Waals surface area contributed by atoms with Gasteiger partial charge in [-0.05, 0) is 46.3 Å². The van der Waals surface area contributed by atoms with E-state index in [-0.39, 0.29) is 18.3 Å². The topological polar surface area (TPSA) is 48.3 Å². The zero-order valence-electron chi connectivity index (χ0n) is 13.2. The summed E-state index contributed by atoms with van der Waals surface area (Å²) in [6, 6.07) is 0. The molecule has 0 radical (unpaired) electrons. The standard InChI is InChI=1S/C14H24BN3O2/c1-13(2)14(3,4)20-15(19-13)11(8-16-5)7-12-9-18(6)10-17-12/h7,9-10,16H,8H2,1-6H3. The van der Waals surface area contributed by atoms with E-state index in [9.17, 15) is 0 Å². The molecular formula is C14H24BN3O2. The van der Waals surface area contributed by atoms with E-state index in [4.69, 9.17) is 9.31 Å². The average molecular weight is 277 g/mol. The zero-order valence-corrected chi connectivity index (χ0v) is 13.2. The van der Waals surface area contributed by atoms with Crippen LogP contribution < -0.4 is 5.32 Å². The number of aryl methyl sites for hydroxylation is 1. The first-order valence-corrected chi connectivity index (χ1v) is 6.94. The van der Waals surface area contributed by atoms with Crippen molar-refractivity contribution in [2.24, 2.45) is 7.05 Å². The summed E-state index contributed by atoms with van der Waals surface area (Å²) in [4.78, 5) is 4.33. The molecule has 5 nitrogen and oxygen atoms in total. The van der Waals surface area contributed by atoms with Crippen LogP contribution in [0.25, 0.3) is 6.08 Å². The van der Waals surface area contributed by atoms with Crippen LogP contribution in [0.3, 0.4) is 0 Å². The molecule has 0 unspecified atom stereocenters. The third-order valence-corrected chi connectivity index (χ3v) is 4.00. The molecule has 1 saturated heterocycles. The first kappa shape index (κ1) is 15.3. The second kappa shape index (κ2) is 5.35. The van der Waals surface area contributed by atoms with Gasteiger partial charge in [0.1, 0.15) is 0 Å². The summed E-state index contributed by atoms with van der Waals surface area (Å²) in [6.07, 6.45) is 5.78. The molecule has 1 aromatic rings. The molecule has 0 spiro atoms. The number of likely N-dealkylation sites (N-methyl/N-ethyl adjacent to an activating group) is 1. The normalized spacial score (nSPS) is 21.5. The van der Waals surface area contributed by atoms with E-state index in [1.807, 2.05) is 30.9 Å². The lowest BCUT2D eigenvalue weighted by Crippen LogP contribution is -2.41. The molecule has 0 amide bonds. The molecule has 0 aromatic carbocycles. The third kappa shape index (κ3) is 2.97. The highest BCUT2D eigenvalue weighted by Gasteiger charge is 2.52. The van der Waals surface area contributed by atoms with Crippen LogP contribution in [-0.2, 0) is 16.4 Å². The number of nitrogens with one attached hydrogen (secondary N) is 1. The first-order valence-electron chi connectivity index (χ1n) is 6.94. The minimum absolute atomic E-state index is 0.325. The van der Waals surface area contributed by atoms with Crippen LogP contribution in [0, 0.1) is 0 Å².